The van der Waals surface area contributed by atoms with E-state index in [-0.39, 0.29) is 11.5 Å². The molecule has 0 aromatic carbocycles. The molecular formula is C10H16N2O3S. The van der Waals surface area contributed by atoms with Crippen molar-refractivity contribution in [1.29, 1.82) is 0 Å². The van der Waals surface area contributed by atoms with Crippen LogP contribution in [-0.4, -0.2) is 51.4 Å². The Morgan fingerprint density at radius 3 is 2.56 bits per heavy atom. The molecule has 90 valence electrons. The quantitative estimate of drug-likeness (QED) is 0.408. The summed E-state index contributed by atoms with van der Waals surface area (Å²) in [5, 5.41) is 0. The Hall–Kier alpha value is -1.30. The van der Waals surface area contributed by atoms with Gasteiger partial charge in [0.25, 0.3) is 0 Å². The lowest BCUT2D eigenvalue weighted by Crippen LogP contribution is -2.39. The van der Waals surface area contributed by atoms with Gasteiger partial charge in [0, 0.05) is 13.1 Å². The van der Waals surface area contributed by atoms with E-state index < -0.39 is 9.84 Å². The van der Waals surface area contributed by atoms with Gasteiger partial charge in [0.05, 0.1) is 18.6 Å². The molecule has 0 spiro atoms. The predicted octanol–water partition coefficient (Wildman–Crippen LogP) is 0.419. The Morgan fingerprint density at radius 1 is 1.44 bits per heavy atom. The molecule has 0 aliphatic carbocycles. The summed E-state index contributed by atoms with van der Waals surface area (Å²) in [5.41, 5.74) is 0. The zero-order valence-corrected chi connectivity index (χ0v) is 10.1. The second-order valence-electron chi connectivity index (χ2n) is 3.37. The Balaban J connectivity index is 2.71. The Kier molecular flexibility index (Phi) is 4.54. The molecule has 0 unspecified atom stereocenters. The second-order valence-corrected chi connectivity index (χ2v) is 5.67. The fourth-order valence-corrected chi connectivity index (χ4v) is 2.58. The van der Waals surface area contributed by atoms with Crippen molar-refractivity contribution in [2.75, 3.05) is 31.7 Å². The number of ether oxygens (including phenoxy) is 1. The molecule has 0 aromatic rings. The third-order valence-electron chi connectivity index (χ3n) is 2.23. The van der Waals surface area contributed by atoms with E-state index in [1.165, 1.54) is 13.5 Å². The van der Waals surface area contributed by atoms with Gasteiger partial charge in [-0.1, -0.05) is 12.7 Å². The van der Waals surface area contributed by atoms with Crippen molar-refractivity contribution in [1.82, 2.24) is 4.90 Å². The van der Waals surface area contributed by atoms with Crippen LogP contribution in [-0.2, 0) is 14.6 Å². The molecule has 16 heavy (non-hydrogen) atoms. The summed E-state index contributed by atoms with van der Waals surface area (Å²) in [4.78, 5) is 5.98. The lowest BCUT2D eigenvalue weighted by molar-refractivity contribution is 0.360. The number of hydrogen-bond acceptors (Lipinski definition) is 5. The van der Waals surface area contributed by atoms with Crippen LogP contribution in [0.2, 0.25) is 0 Å². The van der Waals surface area contributed by atoms with Gasteiger partial charge in [0.1, 0.15) is 5.82 Å². The first kappa shape index (κ1) is 12.8. The van der Waals surface area contributed by atoms with Crippen LogP contribution in [0.1, 0.15) is 0 Å². The minimum absolute atomic E-state index is 0.171. The number of nitrogens with zero attached hydrogens (tertiary/aromatic N) is 2. The lowest BCUT2D eigenvalue weighted by Gasteiger charge is -2.28. The standard InChI is InChI=1S/C10H16N2O3S/c1-3-4-10(11-9-15-2)12-5-7-16(13,14)8-6-12/h3-4,9H,1,5-8H2,2H3/b10-4+,11-9?. The predicted molar refractivity (Wildman–Crippen MR) is 64.0 cm³/mol. The van der Waals surface area contributed by atoms with E-state index in [1.807, 2.05) is 4.90 Å². The van der Waals surface area contributed by atoms with Crippen LogP contribution in [0.25, 0.3) is 0 Å². The van der Waals surface area contributed by atoms with Crippen LogP contribution >= 0.6 is 0 Å². The number of aliphatic imine (C=N–C) groups is 1. The number of allylic oxidation sites excluding steroid dienone is 2. The first-order chi connectivity index (χ1) is 7.59. The zero-order valence-electron chi connectivity index (χ0n) is 9.30. The normalized spacial score (nSPS) is 21.1. The SMILES string of the molecule is C=C/C=C(\N=COC)N1CCS(=O)(=O)CC1. The maximum atomic E-state index is 11.3. The summed E-state index contributed by atoms with van der Waals surface area (Å²) in [6.07, 6.45) is 4.66. The van der Waals surface area contributed by atoms with E-state index in [9.17, 15) is 8.42 Å². The highest BCUT2D eigenvalue weighted by molar-refractivity contribution is 7.91. The highest BCUT2D eigenvalue weighted by Crippen LogP contribution is 2.11. The van der Waals surface area contributed by atoms with Gasteiger partial charge in [-0.2, -0.15) is 0 Å². The van der Waals surface area contributed by atoms with Crippen molar-refractivity contribution in [3.8, 4) is 0 Å². The van der Waals surface area contributed by atoms with E-state index in [2.05, 4.69) is 11.6 Å². The number of methoxy groups -OCH3 is 1. The smallest absolute Gasteiger partial charge is 0.175 e. The number of sulfone groups is 1. The lowest BCUT2D eigenvalue weighted by atomic mass is 10.4. The molecule has 1 heterocycles. The van der Waals surface area contributed by atoms with Crippen molar-refractivity contribution < 1.29 is 13.2 Å². The van der Waals surface area contributed by atoms with Crippen molar-refractivity contribution in [3.63, 3.8) is 0 Å². The first-order valence-corrected chi connectivity index (χ1v) is 6.74. The Labute approximate surface area is 96.0 Å². The van der Waals surface area contributed by atoms with Gasteiger partial charge >= 0.3 is 0 Å². The van der Waals surface area contributed by atoms with Crippen LogP contribution in [0.5, 0.6) is 0 Å². The van der Waals surface area contributed by atoms with E-state index >= 15 is 0 Å². The molecule has 1 saturated heterocycles. The maximum absolute atomic E-state index is 11.3. The summed E-state index contributed by atoms with van der Waals surface area (Å²) in [7, 11) is -1.35. The van der Waals surface area contributed by atoms with Crippen LogP contribution in [0, 0.1) is 0 Å². The fraction of sp³-hybridized carbons (Fsp3) is 0.500. The van der Waals surface area contributed by atoms with Gasteiger partial charge in [0.15, 0.2) is 16.2 Å². The molecular weight excluding hydrogens is 228 g/mol. The topological polar surface area (TPSA) is 59.0 Å². The minimum atomic E-state index is -2.86. The molecule has 0 radical (unpaired) electrons. The molecule has 0 atom stereocenters. The molecule has 0 bridgehead atoms. The third-order valence-corrected chi connectivity index (χ3v) is 3.83. The van der Waals surface area contributed by atoms with Crippen LogP contribution in [0.3, 0.4) is 0 Å². The van der Waals surface area contributed by atoms with Crippen molar-refractivity contribution >= 4 is 16.2 Å². The monoisotopic (exact) mass is 244 g/mol. The van der Waals surface area contributed by atoms with E-state index in [0.29, 0.717) is 18.9 Å². The summed E-state index contributed by atoms with van der Waals surface area (Å²) in [6, 6.07) is 0. The van der Waals surface area contributed by atoms with Gasteiger partial charge in [0.2, 0.25) is 0 Å². The average molecular weight is 244 g/mol. The van der Waals surface area contributed by atoms with Crippen LogP contribution in [0.4, 0.5) is 0 Å². The molecule has 1 fully saturated rings. The largest absolute Gasteiger partial charge is 0.486 e. The van der Waals surface area contributed by atoms with Gasteiger partial charge in [-0.3, -0.25) is 0 Å². The molecule has 5 nitrogen and oxygen atoms in total. The first-order valence-electron chi connectivity index (χ1n) is 4.92. The van der Waals surface area contributed by atoms with Crippen molar-refractivity contribution in [3.05, 3.63) is 24.6 Å². The van der Waals surface area contributed by atoms with Gasteiger partial charge in [-0.05, 0) is 6.08 Å². The molecule has 0 N–H and O–H groups in total. The Bertz CT molecular complexity index is 384. The van der Waals surface area contributed by atoms with Gasteiger partial charge in [-0.25, -0.2) is 13.4 Å². The van der Waals surface area contributed by atoms with E-state index in [1.54, 1.807) is 12.2 Å². The van der Waals surface area contributed by atoms with Crippen molar-refractivity contribution in [2.24, 2.45) is 4.99 Å². The number of rotatable bonds is 4. The van der Waals surface area contributed by atoms with Crippen LogP contribution < -0.4 is 0 Å². The third kappa shape index (κ3) is 3.69. The van der Waals surface area contributed by atoms with E-state index in [0.717, 1.165) is 0 Å². The molecule has 0 aromatic heterocycles. The number of hydrogen-bond donors (Lipinski definition) is 0. The highest BCUT2D eigenvalue weighted by atomic mass is 32.2. The summed E-state index contributed by atoms with van der Waals surface area (Å²) in [6.45, 7) is 4.52. The van der Waals surface area contributed by atoms with E-state index in [4.69, 9.17) is 4.74 Å². The molecule has 1 aliphatic rings. The van der Waals surface area contributed by atoms with Gasteiger partial charge in [-0.15, -0.1) is 0 Å². The second kappa shape index (κ2) is 5.69. The summed E-state index contributed by atoms with van der Waals surface area (Å²) >= 11 is 0. The Morgan fingerprint density at radius 2 is 2.06 bits per heavy atom. The summed E-state index contributed by atoms with van der Waals surface area (Å²) < 4.78 is 27.3. The molecule has 1 aliphatic heterocycles. The highest BCUT2D eigenvalue weighted by Gasteiger charge is 2.22. The van der Waals surface area contributed by atoms with Crippen LogP contribution in [0.15, 0.2) is 29.5 Å². The fourth-order valence-electron chi connectivity index (χ4n) is 1.38. The average Bonchev–Trinajstić information content (AvgIpc) is 2.25. The minimum Gasteiger partial charge on any atom is -0.486 e. The maximum Gasteiger partial charge on any atom is 0.175 e. The van der Waals surface area contributed by atoms with Crippen molar-refractivity contribution in [2.45, 2.75) is 0 Å². The molecule has 0 saturated carbocycles. The summed E-state index contributed by atoms with van der Waals surface area (Å²) in [5.74, 6) is 1.01. The zero-order chi connectivity index (χ0) is 12.0. The molecule has 6 heteroatoms. The molecule has 1 rings (SSSR count). The molecule has 0 amide bonds. The van der Waals surface area contributed by atoms with Gasteiger partial charge < -0.3 is 9.64 Å².